The predicted molar refractivity (Wildman–Crippen MR) is 126 cm³/mol. The fourth-order valence-corrected chi connectivity index (χ4v) is 4.36. The fraction of sp³-hybridized carbons (Fsp3) is 0.185. The predicted octanol–water partition coefficient (Wildman–Crippen LogP) is 5.09. The van der Waals surface area contributed by atoms with Crippen molar-refractivity contribution >= 4 is 5.91 Å². The van der Waals surface area contributed by atoms with Crippen LogP contribution in [-0.4, -0.2) is 23.2 Å². The molecule has 1 heterocycles. The first kappa shape index (κ1) is 20.1. The van der Waals surface area contributed by atoms with Gasteiger partial charge in [0, 0.05) is 28.8 Å². The summed E-state index contributed by atoms with van der Waals surface area (Å²) >= 11 is 0. The molecule has 5 rings (SSSR count). The summed E-state index contributed by atoms with van der Waals surface area (Å²) in [6.07, 6.45) is 1.87. The van der Waals surface area contributed by atoms with Gasteiger partial charge in [-0.05, 0) is 61.2 Å². The Bertz CT molecular complexity index is 1290. The third-order valence-corrected chi connectivity index (χ3v) is 6.05. The molecule has 0 bridgehead atoms. The van der Waals surface area contributed by atoms with Crippen LogP contribution in [0, 0.1) is 6.92 Å². The lowest BCUT2D eigenvalue weighted by atomic mass is 9.87. The highest BCUT2D eigenvalue weighted by atomic mass is 16.5. The topological polar surface area (TPSA) is 67.0 Å². The molecule has 1 amide bonds. The second-order valence-electron chi connectivity index (χ2n) is 8.20. The number of hydrogen-bond donors (Lipinski definition) is 2. The quantitative estimate of drug-likeness (QED) is 0.470. The highest BCUT2D eigenvalue weighted by Gasteiger charge is 2.23. The first-order chi connectivity index (χ1) is 15.6. The van der Waals surface area contributed by atoms with E-state index in [-0.39, 0.29) is 5.91 Å². The number of amides is 1. The van der Waals surface area contributed by atoms with Crippen LogP contribution in [0.3, 0.4) is 0 Å². The zero-order chi connectivity index (χ0) is 22.1. The van der Waals surface area contributed by atoms with Gasteiger partial charge < -0.3 is 10.1 Å². The third-order valence-electron chi connectivity index (χ3n) is 6.05. The van der Waals surface area contributed by atoms with Crippen molar-refractivity contribution in [1.82, 2.24) is 15.5 Å². The first-order valence-corrected chi connectivity index (χ1v) is 10.8. The highest BCUT2D eigenvalue weighted by Crippen LogP contribution is 2.38. The standard InChI is InChI=1S/C27H25N3O2/c1-17-4-3-5-18(14-17)16-28-27(31)20-8-6-19(7-9-20)25-24-12-10-21-15-22(32-2)11-13-23(21)26(24)30-29-25/h3-9,11,13-15H,10,12,16H2,1-2H3,(H,28,31)(H,29,30). The Labute approximate surface area is 187 Å². The van der Waals surface area contributed by atoms with Crippen molar-refractivity contribution in [2.45, 2.75) is 26.3 Å². The number of fused-ring (bicyclic) bond motifs is 3. The molecule has 0 saturated carbocycles. The summed E-state index contributed by atoms with van der Waals surface area (Å²) in [6, 6.07) is 22.0. The molecule has 32 heavy (non-hydrogen) atoms. The van der Waals surface area contributed by atoms with E-state index in [1.165, 1.54) is 22.3 Å². The van der Waals surface area contributed by atoms with E-state index in [4.69, 9.17) is 4.74 Å². The van der Waals surface area contributed by atoms with Crippen LogP contribution < -0.4 is 10.1 Å². The fourth-order valence-electron chi connectivity index (χ4n) is 4.36. The van der Waals surface area contributed by atoms with E-state index in [1.807, 2.05) is 55.5 Å². The van der Waals surface area contributed by atoms with Gasteiger partial charge >= 0.3 is 0 Å². The molecule has 0 spiro atoms. The van der Waals surface area contributed by atoms with Gasteiger partial charge in [0.1, 0.15) is 5.75 Å². The maximum Gasteiger partial charge on any atom is 0.251 e. The lowest BCUT2D eigenvalue weighted by Crippen LogP contribution is -2.22. The summed E-state index contributed by atoms with van der Waals surface area (Å²) in [5.41, 5.74) is 9.63. The SMILES string of the molecule is COc1ccc2c(c1)CCc1c(-c3ccc(C(=O)NCc4cccc(C)c4)cc3)n[nH]c1-2. The maximum atomic E-state index is 12.6. The van der Waals surface area contributed by atoms with Crippen LogP contribution >= 0.6 is 0 Å². The van der Waals surface area contributed by atoms with Crippen molar-refractivity contribution in [2.75, 3.05) is 7.11 Å². The van der Waals surface area contributed by atoms with Crippen LogP contribution in [0.5, 0.6) is 5.75 Å². The molecule has 0 saturated heterocycles. The lowest BCUT2D eigenvalue weighted by molar-refractivity contribution is 0.0951. The minimum atomic E-state index is -0.0787. The number of aryl methyl sites for hydroxylation is 2. The van der Waals surface area contributed by atoms with Crippen LogP contribution in [0.25, 0.3) is 22.5 Å². The Kier molecular flexibility index (Phi) is 5.23. The maximum absolute atomic E-state index is 12.6. The Morgan fingerprint density at radius 1 is 1.06 bits per heavy atom. The van der Waals surface area contributed by atoms with Crippen molar-refractivity contribution in [3.05, 3.63) is 94.5 Å². The molecule has 4 aromatic rings. The average Bonchev–Trinajstić information content (AvgIpc) is 3.27. The van der Waals surface area contributed by atoms with E-state index in [0.29, 0.717) is 12.1 Å². The van der Waals surface area contributed by atoms with Gasteiger partial charge in [-0.3, -0.25) is 9.89 Å². The molecule has 1 aromatic heterocycles. The van der Waals surface area contributed by atoms with E-state index in [1.54, 1.807) is 7.11 Å². The van der Waals surface area contributed by atoms with Gasteiger partial charge in [-0.2, -0.15) is 5.10 Å². The van der Waals surface area contributed by atoms with Gasteiger partial charge in [-0.15, -0.1) is 0 Å². The molecule has 0 atom stereocenters. The molecule has 2 N–H and O–H groups in total. The number of aromatic nitrogens is 2. The van der Waals surface area contributed by atoms with Crippen LogP contribution in [0.2, 0.25) is 0 Å². The Morgan fingerprint density at radius 3 is 2.69 bits per heavy atom. The molecule has 1 aliphatic carbocycles. The van der Waals surface area contributed by atoms with Crippen LogP contribution in [0.4, 0.5) is 0 Å². The lowest BCUT2D eigenvalue weighted by Gasteiger charge is -2.17. The van der Waals surface area contributed by atoms with Crippen molar-refractivity contribution in [1.29, 1.82) is 0 Å². The number of carbonyl (C=O) groups is 1. The van der Waals surface area contributed by atoms with Gasteiger partial charge in [-0.1, -0.05) is 42.0 Å². The number of hydrogen-bond acceptors (Lipinski definition) is 3. The minimum Gasteiger partial charge on any atom is -0.497 e. The first-order valence-electron chi connectivity index (χ1n) is 10.8. The molecule has 0 radical (unpaired) electrons. The number of ether oxygens (including phenoxy) is 1. The molecule has 0 aliphatic heterocycles. The summed E-state index contributed by atoms with van der Waals surface area (Å²) in [5, 5.41) is 10.8. The molecule has 0 unspecified atom stereocenters. The van der Waals surface area contributed by atoms with Gasteiger partial charge in [0.2, 0.25) is 0 Å². The molecular weight excluding hydrogens is 398 g/mol. The van der Waals surface area contributed by atoms with E-state index in [0.717, 1.165) is 41.1 Å². The molecular formula is C27H25N3O2. The number of carbonyl (C=O) groups excluding carboxylic acids is 1. The van der Waals surface area contributed by atoms with E-state index in [2.05, 4.69) is 33.7 Å². The van der Waals surface area contributed by atoms with E-state index in [9.17, 15) is 4.79 Å². The number of benzene rings is 3. The van der Waals surface area contributed by atoms with Crippen LogP contribution in [0.15, 0.2) is 66.7 Å². The Morgan fingerprint density at radius 2 is 1.91 bits per heavy atom. The van der Waals surface area contributed by atoms with Crippen molar-refractivity contribution in [2.24, 2.45) is 0 Å². The van der Waals surface area contributed by atoms with Gasteiger partial charge in [0.05, 0.1) is 18.5 Å². The third kappa shape index (κ3) is 3.78. The van der Waals surface area contributed by atoms with Gasteiger partial charge in [0.25, 0.3) is 5.91 Å². The molecule has 1 aliphatic rings. The highest BCUT2D eigenvalue weighted by molar-refractivity contribution is 5.94. The Balaban J connectivity index is 1.34. The number of rotatable bonds is 5. The minimum absolute atomic E-state index is 0.0787. The summed E-state index contributed by atoms with van der Waals surface area (Å²) in [7, 11) is 1.69. The number of nitrogens with zero attached hydrogens (tertiary/aromatic N) is 1. The summed E-state index contributed by atoms with van der Waals surface area (Å²) in [6.45, 7) is 2.56. The summed E-state index contributed by atoms with van der Waals surface area (Å²) in [5.74, 6) is 0.799. The zero-order valence-electron chi connectivity index (χ0n) is 18.2. The number of nitrogens with one attached hydrogen (secondary N) is 2. The molecule has 160 valence electrons. The molecule has 5 nitrogen and oxygen atoms in total. The molecule has 0 fully saturated rings. The second-order valence-corrected chi connectivity index (χ2v) is 8.20. The van der Waals surface area contributed by atoms with Gasteiger partial charge in [-0.25, -0.2) is 0 Å². The summed E-state index contributed by atoms with van der Waals surface area (Å²) in [4.78, 5) is 12.6. The molecule has 3 aromatic carbocycles. The van der Waals surface area contributed by atoms with Crippen molar-refractivity contribution in [3.63, 3.8) is 0 Å². The summed E-state index contributed by atoms with van der Waals surface area (Å²) < 4.78 is 5.36. The smallest absolute Gasteiger partial charge is 0.251 e. The number of methoxy groups -OCH3 is 1. The average molecular weight is 424 g/mol. The van der Waals surface area contributed by atoms with Crippen LogP contribution in [0.1, 0.15) is 32.6 Å². The number of aromatic amines is 1. The van der Waals surface area contributed by atoms with E-state index >= 15 is 0 Å². The van der Waals surface area contributed by atoms with E-state index < -0.39 is 0 Å². The molecule has 5 heteroatoms. The van der Waals surface area contributed by atoms with Crippen LogP contribution in [-0.2, 0) is 19.4 Å². The Hall–Kier alpha value is -3.86. The zero-order valence-corrected chi connectivity index (χ0v) is 18.2. The largest absolute Gasteiger partial charge is 0.497 e. The van der Waals surface area contributed by atoms with Crippen molar-refractivity contribution < 1.29 is 9.53 Å². The normalized spacial score (nSPS) is 12.1. The van der Waals surface area contributed by atoms with Gasteiger partial charge in [0.15, 0.2) is 0 Å². The number of H-pyrrole nitrogens is 1. The van der Waals surface area contributed by atoms with Crippen molar-refractivity contribution in [3.8, 4) is 28.3 Å². The monoisotopic (exact) mass is 423 g/mol. The second kappa shape index (κ2) is 8.35.